The molecule has 0 radical (unpaired) electrons. The third kappa shape index (κ3) is 5.25. The maximum absolute atomic E-state index is 5.83. The Bertz CT molecular complexity index is 114. The van der Waals surface area contributed by atoms with Crippen molar-refractivity contribution in [3.63, 3.8) is 0 Å². The van der Waals surface area contributed by atoms with E-state index in [-0.39, 0.29) is 0 Å². The first-order chi connectivity index (χ1) is 4.83. The smallest absolute Gasteiger partial charge is 0.127 e. The quantitative estimate of drug-likeness (QED) is 0.578. The average Bonchev–Trinajstić information content (AvgIpc) is 1.86. The number of rotatable bonds is 4. The fraction of sp³-hybridized carbons (Fsp3) is 1.00. The minimum atomic E-state index is -1.34. The van der Waals surface area contributed by atoms with E-state index in [4.69, 9.17) is 23.2 Å². The molecular formula is C6H17Cl2NSi2. The second-order valence-electron chi connectivity index (χ2n) is 4.16. The van der Waals surface area contributed by atoms with Crippen LogP contribution in [0.15, 0.2) is 0 Å². The minimum absolute atomic E-state index is 0.764. The zero-order valence-corrected chi connectivity index (χ0v) is 11.2. The van der Waals surface area contributed by atoms with Gasteiger partial charge in [0.1, 0.15) is 16.5 Å². The van der Waals surface area contributed by atoms with Gasteiger partial charge in [-0.3, -0.25) is 0 Å². The molecule has 0 aromatic carbocycles. The Labute approximate surface area is 81.6 Å². The SMILES string of the molecule is C[Si](C)(CCl)N[Si](C)(C)CCl. The van der Waals surface area contributed by atoms with Gasteiger partial charge in [0.25, 0.3) is 0 Å². The van der Waals surface area contributed by atoms with Crippen molar-refractivity contribution in [3.8, 4) is 0 Å². The largest absolute Gasteiger partial charge is 0.358 e. The van der Waals surface area contributed by atoms with E-state index in [2.05, 4.69) is 30.8 Å². The molecule has 0 bridgehead atoms. The van der Waals surface area contributed by atoms with Crippen LogP contribution in [0.3, 0.4) is 0 Å². The summed E-state index contributed by atoms with van der Waals surface area (Å²) < 4.78 is 3.65. The summed E-state index contributed by atoms with van der Waals surface area (Å²) in [7, 11) is -2.68. The van der Waals surface area contributed by atoms with Crippen LogP contribution in [-0.4, -0.2) is 27.5 Å². The van der Waals surface area contributed by atoms with Gasteiger partial charge >= 0.3 is 0 Å². The van der Waals surface area contributed by atoms with Crippen LogP contribution >= 0.6 is 23.2 Å². The van der Waals surface area contributed by atoms with E-state index in [1.165, 1.54) is 0 Å². The number of alkyl halides is 2. The Morgan fingerprint density at radius 1 is 0.909 bits per heavy atom. The van der Waals surface area contributed by atoms with E-state index < -0.39 is 16.5 Å². The van der Waals surface area contributed by atoms with E-state index in [1.54, 1.807) is 0 Å². The summed E-state index contributed by atoms with van der Waals surface area (Å²) in [4.78, 5) is 0. The van der Waals surface area contributed by atoms with Gasteiger partial charge in [-0.05, 0) is 0 Å². The molecule has 0 aliphatic carbocycles. The molecule has 0 aliphatic heterocycles. The molecule has 1 N–H and O–H groups in total. The van der Waals surface area contributed by atoms with Gasteiger partial charge in [0.15, 0.2) is 0 Å². The lowest BCUT2D eigenvalue weighted by molar-refractivity contribution is 1.29. The zero-order valence-electron chi connectivity index (χ0n) is 7.67. The van der Waals surface area contributed by atoms with Crippen LogP contribution in [0, 0.1) is 0 Å². The van der Waals surface area contributed by atoms with Gasteiger partial charge in [-0.25, -0.2) is 0 Å². The van der Waals surface area contributed by atoms with Gasteiger partial charge in [0, 0.05) is 11.0 Å². The molecule has 0 spiro atoms. The molecule has 1 nitrogen and oxygen atoms in total. The van der Waals surface area contributed by atoms with Crippen LogP contribution in [-0.2, 0) is 0 Å². The summed E-state index contributed by atoms with van der Waals surface area (Å²) in [6.07, 6.45) is 0. The molecule has 0 saturated heterocycles. The van der Waals surface area contributed by atoms with Crippen molar-refractivity contribution in [2.24, 2.45) is 0 Å². The van der Waals surface area contributed by atoms with Gasteiger partial charge in [-0.1, -0.05) is 26.2 Å². The first-order valence-corrected chi connectivity index (χ1v) is 11.2. The van der Waals surface area contributed by atoms with Crippen molar-refractivity contribution in [1.82, 2.24) is 4.65 Å². The van der Waals surface area contributed by atoms with Crippen LogP contribution in [0.1, 0.15) is 0 Å². The Balaban J connectivity index is 4.02. The van der Waals surface area contributed by atoms with Crippen LogP contribution in [0.5, 0.6) is 0 Å². The van der Waals surface area contributed by atoms with Crippen molar-refractivity contribution in [2.75, 3.05) is 11.0 Å². The summed E-state index contributed by atoms with van der Waals surface area (Å²) in [5, 5.41) is 0. The fourth-order valence-corrected chi connectivity index (χ4v) is 10.0. The Kier molecular flexibility index (Phi) is 4.66. The fourth-order valence-electron chi connectivity index (χ4n) is 0.983. The molecular weight excluding hydrogens is 213 g/mol. The van der Waals surface area contributed by atoms with Gasteiger partial charge in [0.2, 0.25) is 0 Å². The normalized spacial score (nSPS) is 13.6. The number of nitrogens with one attached hydrogen (secondary N) is 1. The van der Waals surface area contributed by atoms with Crippen molar-refractivity contribution >= 4 is 39.7 Å². The molecule has 68 valence electrons. The predicted molar refractivity (Wildman–Crippen MR) is 59.5 cm³/mol. The van der Waals surface area contributed by atoms with Crippen LogP contribution in [0.25, 0.3) is 0 Å². The van der Waals surface area contributed by atoms with Gasteiger partial charge in [-0.15, -0.1) is 23.2 Å². The maximum Gasteiger partial charge on any atom is 0.127 e. The van der Waals surface area contributed by atoms with E-state index in [1.807, 2.05) is 0 Å². The monoisotopic (exact) mass is 229 g/mol. The van der Waals surface area contributed by atoms with Crippen LogP contribution in [0.4, 0.5) is 0 Å². The molecule has 0 aliphatic rings. The summed E-state index contributed by atoms with van der Waals surface area (Å²) in [5.41, 5.74) is 1.53. The highest BCUT2D eigenvalue weighted by Gasteiger charge is 2.29. The second kappa shape index (κ2) is 4.28. The predicted octanol–water partition coefficient (Wildman–Crippen LogP) is 2.54. The summed E-state index contributed by atoms with van der Waals surface area (Å²) in [6.45, 7) is 8.95. The number of hydrogen-bond acceptors (Lipinski definition) is 1. The molecule has 0 aromatic heterocycles. The number of halogens is 2. The molecule has 0 fully saturated rings. The highest BCUT2D eigenvalue weighted by Crippen LogP contribution is 2.07. The third-order valence-electron chi connectivity index (χ3n) is 1.34. The zero-order chi connectivity index (χ0) is 9.12. The minimum Gasteiger partial charge on any atom is -0.358 e. The van der Waals surface area contributed by atoms with E-state index in [0.29, 0.717) is 0 Å². The first kappa shape index (κ1) is 12.0. The molecule has 0 saturated carbocycles. The van der Waals surface area contributed by atoms with E-state index in [9.17, 15) is 0 Å². The van der Waals surface area contributed by atoms with E-state index in [0.717, 1.165) is 11.0 Å². The molecule has 0 aromatic rings. The number of hydrogen-bond donors (Lipinski definition) is 1. The Morgan fingerprint density at radius 3 is 1.36 bits per heavy atom. The van der Waals surface area contributed by atoms with Crippen LogP contribution in [0.2, 0.25) is 26.2 Å². The van der Waals surface area contributed by atoms with Gasteiger partial charge in [0.05, 0.1) is 0 Å². The van der Waals surface area contributed by atoms with Crippen LogP contribution < -0.4 is 4.65 Å². The second-order valence-corrected chi connectivity index (χ2v) is 14.8. The van der Waals surface area contributed by atoms with Gasteiger partial charge < -0.3 is 4.65 Å². The molecule has 11 heavy (non-hydrogen) atoms. The highest BCUT2D eigenvalue weighted by molar-refractivity contribution is 6.95. The van der Waals surface area contributed by atoms with Crippen molar-refractivity contribution in [3.05, 3.63) is 0 Å². The lowest BCUT2D eigenvalue weighted by atomic mass is 11.8. The molecule has 0 unspecified atom stereocenters. The van der Waals surface area contributed by atoms with Crippen molar-refractivity contribution in [2.45, 2.75) is 26.2 Å². The molecule has 0 amide bonds. The topological polar surface area (TPSA) is 12.0 Å². The standard InChI is InChI=1S/C6H17Cl2NSi2/c1-10(2,5-7)9-11(3,4)6-8/h9H,5-6H2,1-4H3. The Hall–Kier alpha value is 0.974. The lowest BCUT2D eigenvalue weighted by Gasteiger charge is -2.31. The summed E-state index contributed by atoms with van der Waals surface area (Å²) in [5.74, 6) is 0. The first-order valence-electron chi connectivity index (χ1n) is 3.74. The molecule has 0 heterocycles. The van der Waals surface area contributed by atoms with Crippen molar-refractivity contribution < 1.29 is 0 Å². The highest BCUT2D eigenvalue weighted by atomic mass is 35.5. The molecule has 0 rings (SSSR count). The third-order valence-corrected chi connectivity index (χ3v) is 12.1. The van der Waals surface area contributed by atoms with Gasteiger partial charge in [-0.2, -0.15) is 0 Å². The average molecular weight is 230 g/mol. The Morgan fingerprint density at radius 2 is 1.18 bits per heavy atom. The van der Waals surface area contributed by atoms with E-state index >= 15 is 0 Å². The lowest BCUT2D eigenvalue weighted by Crippen LogP contribution is -2.61. The summed E-state index contributed by atoms with van der Waals surface area (Å²) in [6, 6.07) is 0. The molecule has 0 atom stereocenters. The molecule has 5 heteroatoms. The summed E-state index contributed by atoms with van der Waals surface area (Å²) >= 11 is 11.7. The maximum atomic E-state index is 5.83. The van der Waals surface area contributed by atoms with Crippen molar-refractivity contribution in [1.29, 1.82) is 0 Å².